The lowest BCUT2D eigenvalue weighted by molar-refractivity contribution is 0.0474. The molecule has 0 atom stereocenters. The predicted molar refractivity (Wildman–Crippen MR) is 117 cm³/mol. The lowest BCUT2D eigenvalue weighted by Gasteiger charge is -2.14. The number of nitrogens with zero attached hydrogens (tertiary/aromatic N) is 2. The first-order valence-corrected chi connectivity index (χ1v) is 9.80. The largest absolute Gasteiger partial charge is 0.454 e. The van der Waals surface area contributed by atoms with E-state index in [1.807, 2.05) is 37.3 Å². The fraction of sp³-hybridized carbons (Fsp3) is 0.217. The molecule has 3 aromatic rings. The molecule has 1 aromatic heterocycles. The van der Waals surface area contributed by atoms with Gasteiger partial charge in [0.1, 0.15) is 11.4 Å². The van der Waals surface area contributed by atoms with Crippen LogP contribution in [0.1, 0.15) is 34.1 Å². The lowest BCUT2D eigenvalue weighted by Crippen LogP contribution is -2.43. The summed E-state index contributed by atoms with van der Waals surface area (Å²) in [4.78, 5) is 49.5. The quantitative estimate of drug-likeness (QED) is 0.462. The van der Waals surface area contributed by atoms with E-state index in [4.69, 9.17) is 10.5 Å². The molecule has 31 heavy (non-hydrogen) atoms. The van der Waals surface area contributed by atoms with E-state index in [2.05, 4.69) is 0 Å². The van der Waals surface area contributed by atoms with Crippen molar-refractivity contribution in [2.24, 2.45) is 7.05 Å². The van der Waals surface area contributed by atoms with Crippen molar-refractivity contribution in [3.05, 3.63) is 86.6 Å². The minimum absolute atomic E-state index is 0.219. The highest BCUT2D eigenvalue weighted by Crippen LogP contribution is 2.19. The third-order valence-electron chi connectivity index (χ3n) is 4.87. The van der Waals surface area contributed by atoms with Gasteiger partial charge in [0.05, 0.1) is 5.56 Å². The van der Waals surface area contributed by atoms with Crippen LogP contribution in [0.2, 0.25) is 0 Å². The summed E-state index contributed by atoms with van der Waals surface area (Å²) in [6.07, 6.45) is 0.587. The first-order chi connectivity index (χ1) is 14.8. The average Bonchev–Trinajstić information content (AvgIpc) is 2.79. The van der Waals surface area contributed by atoms with E-state index in [-0.39, 0.29) is 23.5 Å². The summed E-state index contributed by atoms with van der Waals surface area (Å²) in [5, 5.41) is 0. The van der Waals surface area contributed by atoms with Gasteiger partial charge >= 0.3 is 11.7 Å². The topological polar surface area (TPSA) is 113 Å². The molecule has 0 fully saturated rings. The van der Waals surface area contributed by atoms with Gasteiger partial charge in [-0.25, -0.2) is 9.59 Å². The highest BCUT2D eigenvalue weighted by atomic mass is 16.5. The number of Topliss-reactive ketones (excluding diaryl/α,β-unsaturated/α-hetero) is 1. The molecule has 160 valence electrons. The highest BCUT2D eigenvalue weighted by molar-refractivity contribution is 6.02. The van der Waals surface area contributed by atoms with Crippen LogP contribution in [0.4, 0.5) is 5.82 Å². The summed E-state index contributed by atoms with van der Waals surface area (Å²) in [5.74, 6) is -1.69. The summed E-state index contributed by atoms with van der Waals surface area (Å²) < 4.78 is 7.08. The SMILES string of the molecule is CCCn1c(N)c(C(=O)COC(=O)c2ccc(-c3ccccc3)cc2)c(=O)n(C)c1=O. The van der Waals surface area contributed by atoms with Crippen LogP contribution in [-0.4, -0.2) is 27.5 Å². The summed E-state index contributed by atoms with van der Waals surface area (Å²) >= 11 is 0. The molecule has 0 aliphatic heterocycles. The third-order valence-corrected chi connectivity index (χ3v) is 4.87. The van der Waals surface area contributed by atoms with E-state index in [1.165, 1.54) is 11.6 Å². The average molecular weight is 421 g/mol. The van der Waals surface area contributed by atoms with Gasteiger partial charge in [0, 0.05) is 13.6 Å². The van der Waals surface area contributed by atoms with Crippen LogP contribution in [0.15, 0.2) is 64.2 Å². The Morgan fingerprint density at radius 1 is 0.968 bits per heavy atom. The van der Waals surface area contributed by atoms with Crippen LogP contribution in [0.3, 0.4) is 0 Å². The van der Waals surface area contributed by atoms with Crippen molar-refractivity contribution in [2.75, 3.05) is 12.3 Å². The van der Waals surface area contributed by atoms with Crippen LogP contribution in [0.25, 0.3) is 11.1 Å². The van der Waals surface area contributed by atoms with Gasteiger partial charge in [-0.3, -0.25) is 18.7 Å². The number of carbonyl (C=O) groups is 2. The van der Waals surface area contributed by atoms with E-state index < -0.39 is 29.6 Å². The Labute approximate surface area is 178 Å². The van der Waals surface area contributed by atoms with Crippen molar-refractivity contribution in [3.63, 3.8) is 0 Å². The molecule has 8 nitrogen and oxygen atoms in total. The molecule has 0 bridgehead atoms. The van der Waals surface area contributed by atoms with E-state index in [1.54, 1.807) is 24.3 Å². The van der Waals surface area contributed by atoms with E-state index >= 15 is 0 Å². The Bertz CT molecular complexity index is 1230. The van der Waals surface area contributed by atoms with Crippen molar-refractivity contribution in [1.82, 2.24) is 9.13 Å². The number of nitrogen functional groups attached to an aromatic ring is 1. The highest BCUT2D eigenvalue weighted by Gasteiger charge is 2.22. The van der Waals surface area contributed by atoms with Crippen LogP contribution < -0.4 is 17.0 Å². The van der Waals surface area contributed by atoms with Crippen LogP contribution in [0, 0.1) is 0 Å². The maximum absolute atomic E-state index is 12.6. The number of anilines is 1. The number of hydrogen-bond acceptors (Lipinski definition) is 6. The van der Waals surface area contributed by atoms with Gasteiger partial charge in [0.15, 0.2) is 6.61 Å². The maximum atomic E-state index is 12.6. The molecule has 0 amide bonds. The molecule has 0 saturated heterocycles. The summed E-state index contributed by atoms with van der Waals surface area (Å²) in [6, 6.07) is 16.4. The predicted octanol–water partition coefficient (Wildman–Crippen LogP) is 2.25. The number of hydrogen-bond donors (Lipinski definition) is 1. The normalized spacial score (nSPS) is 10.6. The number of esters is 1. The minimum atomic E-state index is -0.817. The zero-order valence-electron chi connectivity index (χ0n) is 17.3. The molecule has 2 aromatic carbocycles. The summed E-state index contributed by atoms with van der Waals surface area (Å²) in [6.45, 7) is 1.43. The van der Waals surface area contributed by atoms with Gasteiger partial charge in [0.25, 0.3) is 5.56 Å². The monoisotopic (exact) mass is 421 g/mol. The van der Waals surface area contributed by atoms with Crippen LogP contribution in [0.5, 0.6) is 0 Å². The van der Waals surface area contributed by atoms with E-state index in [0.717, 1.165) is 15.7 Å². The number of ketones is 1. The fourth-order valence-electron chi connectivity index (χ4n) is 3.20. The number of carbonyl (C=O) groups excluding carboxylic acids is 2. The minimum Gasteiger partial charge on any atom is -0.454 e. The fourth-order valence-corrected chi connectivity index (χ4v) is 3.20. The summed E-state index contributed by atoms with van der Waals surface area (Å²) in [5.41, 5.74) is 6.35. The molecule has 0 aliphatic rings. The Hall–Kier alpha value is -3.94. The number of nitrogens with two attached hydrogens (primary N) is 1. The van der Waals surface area contributed by atoms with Gasteiger partial charge in [-0.1, -0.05) is 49.4 Å². The maximum Gasteiger partial charge on any atom is 0.338 e. The van der Waals surface area contributed by atoms with Gasteiger partial charge in [-0.2, -0.15) is 0 Å². The number of rotatable bonds is 7. The van der Waals surface area contributed by atoms with Crippen molar-refractivity contribution in [3.8, 4) is 11.1 Å². The van der Waals surface area contributed by atoms with Gasteiger partial charge in [-0.05, 0) is 29.7 Å². The number of ether oxygens (including phenoxy) is 1. The van der Waals surface area contributed by atoms with Crippen molar-refractivity contribution >= 4 is 17.6 Å². The number of benzene rings is 2. The molecular formula is C23H23N3O5. The zero-order chi connectivity index (χ0) is 22.5. The Morgan fingerprint density at radius 3 is 2.19 bits per heavy atom. The third kappa shape index (κ3) is 4.48. The molecule has 3 rings (SSSR count). The van der Waals surface area contributed by atoms with Crippen LogP contribution >= 0.6 is 0 Å². The molecule has 0 saturated carbocycles. The first-order valence-electron chi connectivity index (χ1n) is 9.80. The smallest absolute Gasteiger partial charge is 0.338 e. The molecule has 0 aliphatic carbocycles. The van der Waals surface area contributed by atoms with E-state index in [9.17, 15) is 19.2 Å². The number of aromatic nitrogens is 2. The van der Waals surface area contributed by atoms with E-state index in [0.29, 0.717) is 6.42 Å². The Balaban J connectivity index is 1.76. The second kappa shape index (κ2) is 9.25. The molecule has 2 N–H and O–H groups in total. The van der Waals surface area contributed by atoms with Crippen molar-refractivity contribution < 1.29 is 14.3 Å². The van der Waals surface area contributed by atoms with Gasteiger partial charge in [-0.15, -0.1) is 0 Å². The van der Waals surface area contributed by atoms with Crippen molar-refractivity contribution in [2.45, 2.75) is 19.9 Å². The van der Waals surface area contributed by atoms with Crippen LogP contribution in [-0.2, 0) is 18.3 Å². The molecule has 8 heteroatoms. The summed E-state index contributed by atoms with van der Waals surface area (Å²) in [7, 11) is 1.27. The van der Waals surface area contributed by atoms with Crippen molar-refractivity contribution in [1.29, 1.82) is 0 Å². The molecule has 0 radical (unpaired) electrons. The Morgan fingerprint density at radius 2 is 1.58 bits per heavy atom. The first kappa shape index (κ1) is 21.8. The molecular weight excluding hydrogens is 398 g/mol. The zero-order valence-corrected chi connectivity index (χ0v) is 17.3. The standard InChI is InChI=1S/C23H23N3O5/c1-3-13-26-20(24)19(21(28)25(2)23(26)30)18(27)14-31-22(29)17-11-9-16(10-12-17)15-7-5-4-6-8-15/h4-12H,3,13-14,24H2,1-2H3. The Kier molecular flexibility index (Phi) is 6.49. The van der Waals surface area contributed by atoms with Gasteiger partial charge < -0.3 is 10.5 Å². The lowest BCUT2D eigenvalue weighted by atomic mass is 10.0. The molecule has 0 spiro atoms. The second-order valence-electron chi connectivity index (χ2n) is 7.00. The molecule has 0 unspecified atom stereocenters. The second-order valence-corrected chi connectivity index (χ2v) is 7.00. The van der Waals surface area contributed by atoms with Gasteiger partial charge in [0.2, 0.25) is 5.78 Å². The molecule has 1 heterocycles.